The highest BCUT2D eigenvalue weighted by molar-refractivity contribution is 5.43. The van der Waals surface area contributed by atoms with E-state index in [9.17, 15) is 8.78 Å². The van der Waals surface area contributed by atoms with Crippen molar-refractivity contribution in [2.75, 3.05) is 44.7 Å². The van der Waals surface area contributed by atoms with E-state index < -0.39 is 5.67 Å². The number of halogens is 2. The van der Waals surface area contributed by atoms with Gasteiger partial charge in [-0.2, -0.15) is 0 Å². The Labute approximate surface area is 203 Å². The molecule has 6 atom stereocenters. The highest BCUT2D eigenvalue weighted by Gasteiger charge is 2.51. The van der Waals surface area contributed by atoms with Crippen LogP contribution in [0.3, 0.4) is 0 Å². The maximum Gasteiger partial charge on any atom is 0.118 e. The van der Waals surface area contributed by atoms with Crippen LogP contribution in [0.1, 0.15) is 58.2 Å². The van der Waals surface area contributed by atoms with Crippen LogP contribution in [0.15, 0.2) is 18.3 Å². The molecule has 6 nitrogen and oxygen atoms in total. The van der Waals surface area contributed by atoms with Gasteiger partial charge in [-0.3, -0.25) is 30.0 Å². The van der Waals surface area contributed by atoms with Gasteiger partial charge in [0.05, 0.1) is 36.3 Å². The highest BCUT2D eigenvalue weighted by atomic mass is 19.1. The average molecular weight is 477 g/mol. The maximum absolute atomic E-state index is 14.9. The number of fused-ring (bicyclic) bond motifs is 3. The molecule has 8 heteroatoms. The molecule has 190 valence electrons. The minimum absolute atomic E-state index is 0.152. The second-order valence-corrected chi connectivity index (χ2v) is 11.7. The SMILES string of the molecule is C[C@@H]1CC2C3CNNC3CCC2[C@@H](c2ccc(NC3CN(CCCF)C3)cn2)N1CC(C)(C)F. The molecule has 3 aliphatic heterocycles. The van der Waals surface area contributed by atoms with Gasteiger partial charge in [0.15, 0.2) is 0 Å². The van der Waals surface area contributed by atoms with Crippen LogP contribution >= 0.6 is 0 Å². The van der Waals surface area contributed by atoms with Crippen LogP contribution in [0, 0.1) is 17.8 Å². The summed E-state index contributed by atoms with van der Waals surface area (Å²) in [5, 5.41) is 3.57. The molecule has 0 amide bonds. The second kappa shape index (κ2) is 9.96. The monoisotopic (exact) mass is 476 g/mol. The van der Waals surface area contributed by atoms with Gasteiger partial charge in [0.1, 0.15) is 5.67 Å². The fourth-order valence-corrected chi connectivity index (χ4v) is 7.09. The minimum Gasteiger partial charge on any atom is -0.378 e. The zero-order chi connectivity index (χ0) is 23.9. The van der Waals surface area contributed by atoms with E-state index in [1.165, 1.54) is 0 Å². The fraction of sp³-hybridized carbons (Fsp3) is 0.808. The Kier molecular flexibility index (Phi) is 7.13. The number of rotatable bonds is 8. The Balaban J connectivity index is 1.32. The first-order chi connectivity index (χ1) is 16.3. The van der Waals surface area contributed by atoms with E-state index in [1.54, 1.807) is 13.8 Å². The Bertz CT molecular complexity index is 809. The predicted molar refractivity (Wildman–Crippen MR) is 132 cm³/mol. The third kappa shape index (κ3) is 5.11. The Hall–Kier alpha value is -1.35. The Morgan fingerprint density at radius 2 is 2.00 bits per heavy atom. The van der Waals surface area contributed by atoms with Gasteiger partial charge >= 0.3 is 0 Å². The third-order valence-electron chi connectivity index (χ3n) is 8.58. The van der Waals surface area contributed by atoms with E-state index in [0.717, 1.165) is 56.8 Å². The van der Waals surface area contributed by atoms with E-state index >= 15 is 0 Å². The van der Waals surface area contributed by atoms with Crippen LogP contribution in [-0.2, 0) is 0 Å². The molecular weight excluding hydrogens is 434 g/mol. The third-order valence-corrected chi connectivity index (χ3v) is 8.58. The molecule has 0 aromatic carbocycles. The maximum atomic E-state index is 14.9. The molecule has 4 aliphatic rings. The number of likely N-dealkylation sites (tertiary alicyclic amines) is 2. The van der Waals surface area contributed by atoms with Gasteiger partial charge in [-0.25, -0.2) is 4.39 Å². The molecule has 1 aliphatic carbocycles. The van der Waals surface area contributed by atoms with Crippen LogP contribution in [0.4, 0.5) is 14.5 Å². The summed E-state index contributed by atoms with van der Waals surface area (Å²) in [5.74, 6) is 1.78. The number of hydrazine groups is 1. The molecule has 0 radical (unpaired) electrons. The summed E-state index contributed by atoms with van der Waals surface area (Å²) in [7, 11) is 0. The first-order valence-corrected chi connectivity index (χ1v) is 13.3. The number of nitrogens with one attached hydrogen (secondary N) is 3. The first kappa shape index (κ1) is 24.3. The minimum atomic E-state index is -1.24. The lowest BCUT2D eigenvalue weighted by Crippen LogP contribution is -2.56. The lowest BCUT2D eigenvalue weighted by Gasteiger charge is -2.54. The number of hydrogen-bond acceptors (Lipinski definition) is 6. The summed E-state index contributed by atoms with van der Waals surface area (Å²) in [5.41, 5.74) is 7.75. The second-order valence-electron chi connectivity index (χ2n) is 11.7. The first-order valence-electron chi connectivity index (χ1n) is 13.3. The van der Waals surface area contributed by atoms with Gasteiger partial charge in [-0.05, 0) is 76.3 Å². The van der Waals surface area contributed by atoms with Crippen molar-refractivity contribution >= 4 is 5.69 Å². The molecule has 0 spiro atoms. The van der Waals surface area contributed by atoms with E-state index in [0.29, 0.717) is 48.8 Å². The molecule has 4 heterocycles. The van der Waals surface area contributed by atoms with E-state index in [-0.39, 0.29) is 12.7 Å². The summed E-state index contributed by atoms with van der Waals surface area (Å²) in [6, 6.07) is 5.74. The molecule has 1 aromatic heterocycles. The molecule has 4 unspecified atom stereocenters. The van der Waals surface area contributed by atoms with Gasteiger partial charge in [0.2, 0.25) is 0 Å². The Morgan fingerprint density at radius 1 is 1.18 bits per heavy atom. The quantitative estimate of drug-likeness (QED) is 0.534. The van der Waals surface area contributed by atoms with Gasteiger partial charge in [-0.1, -0.05) is 0 Å². The van der Waals surface area contributed by atoms with Crippen LogP contribution in [0.25, 0.3) is 0 Å². The predicted octanol–water partition coefficient (Wildman–Crippen LogP) is 3.54. The smallest absolute Gasteiger partial charge is 0.118 e. The molecule has 5 rings (SSSR count). The van der Waals surface area contributed by atoms with Crippen molar-refractivity contribution in [2.45, 2.75) is 76.3 Å². The lowest BCUT2D eigenvalue weighted by molar-refractivity contribution is -0.0590. The van der Waals surface area contributed by atoms with Crippen LogP contribution in [-0.4, -0.2) is 78.0 Å². The van der Waals surface area contributed by atoms with Gasteiger partial charge in [0.25, 0.3) is 0 Å². The summed E-state index contributed by atoms with van der Waals surface area (Å²) in [4.78, 5) is 9.64. The van der Waals surface area contributed by atoms with Gasteiger partial charge in [-0.15, -0.1) is 0 Å². The molecule has 34 heavy (non-hydrogen) atoms. The highest BCUT2D eigenvalue weighted by Crippen LogP contribution is 2.51. The topological polar surface area (TPSA) is 55.5 Å². The van der Waals surface area contributed by atoms with Crippen molar-refractivity contribution < 1.29 is 8.78 Å². The number of pyridine rings is 1. The molecule has 1 aromatic rings. The molecule has 1 saturated carbocycles. The number of aromatic nitrogens is 1. The zero-order valence-corrected chi connectivity index (χ0v) is 20.9. The standard InChI is InChI=1S/C26H42F2N6/c1-17-11-21-20(6-8-23-22(21)13-30-32-23)25(34(17)16-26(2,3)28)24-7-5-18(12-29-24)31-19-14-33(15-19)10-4-9-27/h5,7,12,17,19-23,25,30-32H,4,6,8-11,13-16H2,1-3H3/t17-,20?,21?,22?,23?,25+/m1/s1. The fourth-order valence-electron chi connectivity index (χ4n) is 7.09. The molecule has 0 bridgehead atoms. The van der Waals surface area contributed by atoms with Crippen molar-refractivity contribution in [1.82, 2.24) is 25.6 Å². The molecular formula is C26H42F2N6. The van der Waals surface area contributed by atoms with Crippen LogP contribution in [0.5, 0.6) is 0 Å². The lowest BCUT2D eigenvalue weighted by atomic mass is 9.62. The van der Waals surface area contributed by atoms with E-state index in [1.807, 2.05) is 6.20 Å². The zero-order valence-electron chi connectivity index (χ0n) is 20.9. The number of anilines is 1. The number of nitrogens with zero attached hydrogens (tertiary/aromatic N) is 3. The number of piperidine rings is 1. The average Bonchev–Trinajstić information content (AvgIpc) is 3.25. The van der Waals surface area contributed by atoms with Gasteiger partial charge in [0, 0.05) is 44.8 Å². The van der Waals surface area contributed by atoms with Crippen molar-refractivity contribution in [1.29, 1.82) is 0 Å². The molecule has 3 saturated heterocycles. The Morgan fingerprint density at radius 3 is 2.71 bits per heavy atom. The largest absolute Gasteiger partial charge is 0.378 e. The van der Waals surface area contributed by atoms with Crippen LogP contribution in [0.2, 0.25) is 0 Å². The normalized spacial score (nSPS) is 35.0. The van der Waals surface area contributed by atoms with Gasteiger partial charge < -0.3 is 5.32 Å². The van der Waals surface area contributed by atoms with E-state index in [2.05, 4.69) is 45.0 Å². The number of alkyl halides is 2. The molecule has 4 fully saturated rings. The summed E-state index contributed by atoms with van der Waals surface area (Å²) in [6.45, 7) is 9.63. The van der Waals surface area contributed by atoms with Crippen molar-refractivity contribution in [3.05, 3.63) is 24.0 Å². The summed E-state index contributed by atoms with van der Waals surface area (Å²) in [6.07, 6.45) is 6.01. The summed E-state index contributed by atoms with van der Waals surface area (Å²) < 4.78 is 27.3. The summed E-state index contributed by atoms with van der Waals surface area (Å²) >= 11 is 0. The van der Waals surface area contributed by atoms with Crippen LogP contribution < -0.4 is 16.2 Å². The van der Waals surface area contributed by atoms with Crippen molar-refractivity contribution in [2.24, 2.45) is 17.8 Å². The van der Waals surface area contributed by atoms with Crippen molar-refractivity contribution in [3.63, 3.8) is 0 Å². The molecule has 3 N–H and O–H groups in total. The van der Waals surface area contributed by atoms with Crippen molar-refractivity contribution in [3.8, 4) is 0 Å². The van der Waals surface area contributed by atoms with E-state index in [4.69, 9.17) is 4.98 Å². The number of hydrogen-bond donors (Lipinski definition) is 3.